The van der Waals surface area contributed by atoms with Crippen LogP contribution in [0.25, 0.3) is 0 Å². The minimum Gasteiger partial charge on any atom is -0.368 e. The molecule has 1 aromatic rings. The summed E-state index contributed by atoms with van der Waals surface area (Å²) >= 11 is 0. The van der Waals surface area contributed by atoms with Crippen molar-refractivity contribution in [3.63, 3.8) is 0 Å². The van der Waals surface area contributed by atoms with Gasteiger partial charge >= 0.3 is 6.03 Å². The molecule has 0 aliphatic carbocycles. The van der Waals surface area contributed by atoms with Crippen LogP contribution in [0.3, 0.4) is 0 Å². The van der Waals surface area contributed by atoms with E-state index in [1.54, 1.807) is 12.1 Å². The van der Waals surface area contributed by atoms with E-state index >= 15 is 0 Å². The Morgan fingerprint density at radius 3 is 2.39 bits per heavy atom. The lowest BCUT2D eigenvalue weighted by atomic mass is 10.1. The molecule has 0 radical (unpaired) electrons. The standard InChI is InChI=1S/C12H18N4O2/c1-8(14-2)9-3-5-10(6-4-9)16-12(18)15-7-11(13)17/h3-6,8,14H,7H2,1-2H3,(H2,13,17)(H2,15,16,18). The highest BCUT2D eigenvalue weighted by Gasteiger charge is 2.04. The number of benzene rings is 1. The zero-order chi connectivity index (χ0) is 13.5. The third-order valence-corrected chi connectivity index (χ3v) is 2.52. The van der Waals surface area contributed by atoms with Crippen LogP contribution in [-0.4, -0.2) is 25.5 Å². The van der Waals surface area contributed by atoms with Crippen molar-refractivity contribution in [2.24, 2.45) is 5.73 Å². The van der Waals surface area contributed by atoms with Gasteiger partial charge in [-0.2, -0.15) is 0 Å². The van der Waals surface area contributed by atoms with E-state index in [0.717, 1.165) is 5.56 Å². The lowest BCUT2D eigenvalue weighted by molar-refractivity contribution is -0.117. The maximum Gasteiger partial charge on any atom is 0.319 e. The molecule has 98 valence electrons. The summed E-state index contributed by atoms with van der Waals surface area (Å²) < 4.78 is 0. The number of carbonyl (C=O) groups excluding carboxylic acids is 2. The van der Waals surface area contributed by atoms with Crippen molar-refractivity contribution < 1.29 is 9.59 Å². The zero-order valence-electron chi connectivity index (χ0n) is 10.5. The second-order valence-electron chi connectivity index (χ2n) is 3.91. The lowest BCUT2D eigenvalue weighted by Gasteiger charge is -2.11. The molecule has 0 fully saturated rings. The Bertz CT molecular complexity index is 417. The second kappa shape index (κ2) is 6.61. The molecule has 1 unspecified atom stereocenters. The molecular formula is C12H18N4O2. The van der Waals surface area contributed by atoms with Gasteiger partial charge in [0, 0.05) is 11.7 Å². The van der Waals surface area contributed by atoms with Crippen molar-refractivity contribution in [1.82, 2.24) is 10.6 Å². The number of urea groups is 1. The number of hydrogen-bond donors (Lipinski definition) is 4. The molecule has 0 heterocycles. The van der Waals surface area contributed by atoms with Crippen molar-refractivity contribution >= 4 is 17.6 Å². The van der Waals surface area contributed by atoms with Gasteiger partial charge in [0.1, 0.15) is 0 Å². The van der Waals surface area contributed by atoms with E-state index in [-0.39, 0.29) is 12.6 Å². The summed E-state index contributed by atoms with van der Waals surface area (Å²) in [7, 11) is 1.88. The molecule has 5 N–H and O–H groups in total. The van der Waals surface area contributed by atoms with Gasteiger partial charge in [0.25, 0.3) is 0 Å². The van der Waals surface area contributed by atoms with Gasteiger partial charge in [0.15, 0.2) is 0 Å². The number of rotatable bonds is 5. The third-order valence-electron chi connectivity index (χ3n) is 2.52. The SMILES string of the molecule is CNC(C)c1ccc(NC(=O)NCC(N)=O)cc1. The summed E-state index contributed by atoms with van der Waals surface area (Å²) in [5.41, 5.74) is 6.70. The molecule has 0 spiro atoms. The molecule has 6 heteroatoms. The quantitative estimate of drug-likeness (QED) is 0.615. The Kier molecular flexibility index (Phi) is 5.13. The molecule has 3 amide bonds. The molecule has 0 aliphatic heterocycles. The molecular weight excluding hydrogens is 232 g/mol. The van der Waals surface area contributed by atoms with E-state index in [1.165, 1.54) is 0 Å². The lowest BCUT2D eigenvalue weighted by Crippen LogP contribution is -2.36. The molecule has 1 aromatic carbocycles. The fraction of sp³-hybridized carbons (Fsp3) is 0.333. The number of carbonyl (C=O) groups is 2. The van der Waals surface area contributed by atoms with Gasteiger partial charge in [-0.25, -0.2) is 4.79 Å². The highest BCUT2D eigenvalue weighted by molar-refractivity contribution is 5.91. The predicted molar refractivity (Wildman–Crippen MR) is 70.1 cm³/mol. The largest absolute Gasteiger partial charge is 0.368 e. The van der Waals surface area contributed by atoms with Gasteiger partial charge in [0.05, 0.1) is 6.54 Å². The Balaban J connectivity index is 2.53. The van der Waals surface area contributed by atoms with E-state index < -0.39 is 11.9 Å². The van der Waals surface area contributed by atoms with E-state index in [0.29, 0.717) is 5.69 Å². The van der Waals surface area contributed by atoms with Crippen LogP contribution in [0.5, 0.6) is 0 Å². The monoisotopic (exact) mass is 250 g/mol. The number of hydrogen-bond acceptors (Lipinski definition) is 3. The summed E-state index contributed by atoms with van der Waals surface area (Å²) in [6.45, 7) is 1.86. The summed E-state index contributed by atoms with van der Waals surface area (Å²) in [6, 6.07) is 7.24. The molecule has 0 saturated heterocycles. The normalized spacial score (nSPS) is 11.7. The van der Waals surface area contributed by atoms with E-state index in [4.69, 9.17) is 5.73 Å². The fourth-order valence-electron chi connectivity index (χ4n) is 1.36. The van der Waals surface area contributed by atoms with Gasteiger partial charge in [-0.15, -0.1) is 0 Å². The van der Waals surface area contributed by atoms with Crippen molar-refractivity contribution in [3.8, 4) is 0 Å². The summed E-state index contributed by atoms with van der Waals surface area (Å²) in [5.74, 6) is -0.580. The van der Waals surface area contributed by atoms with Crippen LogP contribution < -0.4 is 21.7 Å². The smallest absolute Gasteiger partial charge is 0.319 e. The van der Waals surface area contributed by atoms with Crippen LogP contribution in [0.1, 0.15) is 18.5 Å². The fourth-order valence-corrected chi connectivity index (χ4v) is 1.36. The van der Waals surface area contributed by atoms with Crippen molar-refractivity contribution in [3.05, 3.63) is 29.8 Å². The van der Waals surface area contributed by atoms with Gasteiger partial charge in [-0.1, -0.05) is 12.1 Å². The van der Waals surface area contributed by atoms with Crippen molar-refractivity contribution in [2.45, 2.75) is 13.0 Å². The highest BCUT2D eigenvalue weighted by Crippen LogP contribution is 2.15. The maximum absolute atomic E-state index is 11.3. The minimum absolute atomic E-state index is 0.180. The van der Waals surface area contributed by atoms with Crippen LogP contribution in [0.15, 0.2) is 24.3 Å². The topological polar surface area (TPSA) is 96.2 Å². The first-order valence-corrected chi connectivity index (χ1v) is 5.63. The van der Waals surface area contributed by atoms with Crippen LogP contribution in [-0.2, 0) is 4.79 Å². The summed E-state index contributed by atoms with van der Waals surface area (Å²) in [4.78, 5) is 21.8. The average molecular weight is 250 g/mol. The maximum atomic E-state index is 11.3. The predicted octanol–water partition coefficient (Wildman–Crippen LogP) is 0.574. The van der Waals surface area contributed by atoms with Crippen molar-refractivity contribution in [2.75, 3.05) is 18.9 Å². The second-order valence-corrected chi connectivity index (χ2v) is 3.91. The number of amides is 3. The Hall–Kier alpha value is -2.08. The zero-order valence-corrected chi connectivity index (χ0v) is 10.5. The van der Waals surface area contributed by atoms with Gasteiger partial charge in [0.2, 0.25) is 5.91 Å². The molecule has 0 aromatic heterocycles. The minimum atomic E-state index is -0.580. The number of primary amides is 1. The van der Waals surface area contributed by atoms with Gasteiger partial charge in [-0.05, 0) is 31.7 Å². The summed E-state index contributed by atoms with van der Waals surface area (Å²) in [5, 5.41) is 8.07. The molecule has 0 aliphatic rings. The highest BCUT2D eigenvalue weighted by atomic mass is 16.2. The molecule has 1 atom stereocenters. The first-order valence-electron chi connectivity index (χ1n) is 5.63. The molecule has 1 rings (SSSR count). The molecule has 0 saturated carbocycles. The number of nitrogens with two attached hydrogens (primary N) is 1. The molecule has 6 nitrogen and oxygen atoms in total. The van der Waals surface area contributed by atoms with Crippen molar-refractivity contribution in [1.29, 1.82) is 0 Å². The molecule has 18 heavy (non-hydrogen) atoms. The van der Waals surface area contributed by atoms with Crippen LogP contribution in [0.2, 0.25) is 0 Å². The third kappa shape index (κ3) is 4.42. The van der Waals surface area contributed by atoms with E-state index in [2.05, 4.69) is 16.0 Å². The van der Waals surface area contributed by atoms with Gasteiger partial charge < -0.3 is 21.7 Å². The van der Waals surface area contributed by atoms with Gasteiger partial charge in [-0.3, -0.25) is 4.79 Å². The van der Waals surface area contributed by atoms with Crippen LogP contribution in [0.4, 0.5) is 10.5 Å². The Morgan fingerprint density at radius 2 is 1.89 bits per heavy atom. The van der Waals surface area contributed by atoms with E-state index in [1.807, 2.05) is 26.1 Å². The van der Waals surface area contributed by atoms with Crippen LogP contribution in [0, 0.1) is 0 Å². The summed E-state index contributed by atoms with van der Waals surface area (Å²) in [6.07, 6.45) is 0. The first kappa shape index (κ1) is 14.0. The Morgan fingerprint density at radius 1 is 1.28 bits per heavy atom. The average Bonchev–Trinajstić information content (AvgIpc) is 2.36. The molecule has 0 bridgehead atoms. The van der Waals surface area contributed by atoms with Crippen LogP contribution >= 0.6 is 0 Å². The first-order chi connectivity index (χ1) is 8.52. The van der Waals surface area contributed by atoms with E-state index in [9.17, 15) is 9.59 Å². The number of anilines is 1. The number of nitrogens with one attached hydrogen (secondary N) is 3. The Labute approximate surface area is 106 Å².